The Hall–Kier alpha value is -1.93. The van der Waals surface area contributed by atoms with Gasteiger partial charge < -0.3 is 5.32 Å². The molecule has 0 spiro atoms. The number of nitrogens with zero attached hydrogens (tertiary/aromatic N) is 2. The molecule has 3 rings (SSSR count). The molecule has 1 fully saturated rings. The number of amides is 1. The van der Waals surface area contributed by atoms with Crippen molar-refractivity contribution in [2.45, 2.75) is 19.4 Å². The Morgan fingerprint density at radius 1 is 1.42 bits per heavy atom. The van der Waals surface area contributed by atoms with E-state index in [-0.39, 0.29) is 28.1 Å². The van der Waals surface area contributed by atoms with E-state index in [1.54, 1.807) is 13.0 Å². The highest BCUT2D eigenvalue weighted by Crippen LogP contribution is 2.27. The number of halogens is 2. The fourth-order valence-corrected chi connectivity index (χ4v) is 4.58. The van der Waals surface area contributed by atoms with Gasteiger partial charge in [-0.3, -0.25) is 4.79 Å². The highest BCUT2D eigenvalue weighted by Gasteiger charge is 2.31. The molecular weight excluding hydrogens is 357 g/mol. The molecule has 0 aliphatic carbocycles. The second kappa shape index (κ2) is 6.18. The Labute approximate surface area is 143 Å². The maximum Gasteiger partial charge on any atom is 0.259 e. The van der Waals surface area contributed by atoms with Crippen molar-refractivity contribution in [1.29, 1.82) is 0 Å². The minimum absolute atomic E-state index is 0.0253. The van der Waals surface area contributed by atoms with Gasteiger partial charge in [0.2, 0.25) is 0 Å². The minimum Gasteiger partial charge on any atom is -0.307 e. The molecular formula is C15H15ClFN3O3S. The van der Waals surface area contributed by atoms with E-state index in [0.717, 1.165) is 6.07 Å². The van der Waals surface area contributed by atoms with Crippen LogP contribution >= 0.6 is 11.6 Å². The molecule has 0 unspecified atom stereocenters. The van der Waals surface area contributed by atoms with E-state index in [4.69, 9.17) is 11.6 Å². The Balaban J connectivity index is 1.88. The molecule has 2 heterocycles. The van der Waals surface area contributed by atoms with Crippen LogP contribution in [0.3, 0.4) is 0 Å². The molecule has 2 aromatic rings. The fraction of sp³-hybridized carbons (Fsp3) is 0.333. The van der Waals surface area contributed by atoms with Crippen LogP contribution in [0, 0.1) is 12.7 Å². The largest absolute Gasteiger partial charge is 0.307 e. The predicted molar refractivity (Wildman–Crippen MR) is 88.6 cm³/mol. The Morgan fingerprint density at radius 2 is 2.17 bits per heavy atom. The van der Waals surface area contributed by atoms with Gasteiger partial charge in [0.05, 0.1) is 28.8 Å². The third-order valence-electron chi connectivity index (χ3n) is 3.83. The van der Waals surface area contributed by atoms with Gasteiger partial charge in [-0.25, -0.2) is 17.5 Å². The molecule has 128 valence electrons. The summed E-state index contributed by atoms with van der Waals surface area (Å²) in [7, 11) is -3.10. The average molecular weight is 372 g/mol. The summed E-state index contributed by atoms with van der Waals surface area (Å²) in [6, 6.07) is 4.98. The van der Waals surface area contributed by atoms with E-state index in [1.165, 1.54) is 16.8 Å². The molecule has 6 nitrogen and oxygen atoms in total. The molecule has 0 bridgehead atoms. The SMILES string of the molecule is Cc1cc(NC(=O)c2cc(Cl)ccc2F)n([C@H]2CCS(=O)(=O)C2)n1. The summed E-state index contributed by atoms with van der Waals surface area (Å²) < 4.78 is 38.6. The molecule has 1 aromatic heterocycles. The first-order valence-corrected chi connectivity index (χ1v) is 9.48. The smallest absolute Gasteiger partial charge is 0.259 e. The third-order valence-corrected chi connectivity index (χ3v) is 5.81. The van der Waals surface area contributed by atoms with Crippen LogP contribution in [-0.2, 0) is 9.84 Å². The summed E-state index contributed by atoms with van der Waals surface area (Å²) in [4.78, 5) is 12.3. The standard InChI is InChI=1S/C15H15ClFN3O3S/c1-9-6-14(20(19-9)11-4-5-24(22,23)8-11)18-15(21)12-7-10(16)2-3-13(12)17/h2-3,6-7,11H,4-5,8H2,1H3,(H,18,21)/t11-/m0/s1. The Morgan fingerprint density at radius 3 is 2.83 bits per heavy atom. The van der Waals surface area contributed by atoms with Crippen molar-refractivity contribution < 1.29 is 17.6 Å². The number of nitrogens with one attached hydrogen (secondary N) is 1. The van der Waals surface area contributed by atoms with Crippen LogP contribution in [0.15, 0.2) is 24.3 Å². The van der Waals surface area contributed by atoms with Crippen LogP contribution in [0.2, 0.25) is 5.02 Å². The maximum atomic E-state index is 13.8. The van der Waals surface area contributed by atoms with Gasteiger partial charge in [-0.2, -0.15) is 5.10 Å². The first-order valence-electron chi connectivity index (χ1n) is 7.28. The number of carbonyl (C=O) groups excluding carboxylic acids is 1. The lowest BCUT2D eigenvalue weighted by molar-refractivity contribution is 0.102. The van der Waals surface area contributed by atoms with E-state index in [0.29, 0.717) is 17.9 Å². The maximum absolute atomic E-state index is 13.8. The second-order valence-corrected chi connectivity index (χ2v) is 8.42. The lowest BCUT2D eigenvalue weighted by Crippen LogP contribution is -2.20. The molecule has 1 aliphatic heterocycles. The number of benzene rings is 1. The molecule has 1 atom stereocenters. The highest BCUT2D eigenvalue weighted by molar-refractivity contribution is 7.91. The normalized spacial score (nSPS) is 19.4. The van der Waals surface area contributed by atoms with E-state index in [2.05, 4.69) is 10.4 Å². The summed E-state index contributed by atoms with van der Waals surface area (Å²) >= 11 is 5.80. The van der Waals surface area contributed by atoms with Crippen molar-refractivity contribution in [3.05, 3.63) is 46.4 Å². The number of hydrogen-bond acceptors (Lipinski definition) is 4. The van der Waals surface area contributed by atoms with E-state index in [1.807, 2.05) is 0 Å². The van der Waals surface area contributed by atoms with Crippen molar-refractivity contribution in [2.24, 2.45) is 0 Å². The summed E-state index contributed by atoms with van der Waals surface area (Å²) in [6.07, 6.45) is 0.428. The van der Waals surface area contributed by atoms with Crippen molar-refractivity contribution in [3.8, 4) is 0 Å². The number of hydrogen-bond donors (Lipinski definition) is 1. The monoisotopic (exact) mass is 371 g/mol. The van der Waals surface area contributed by atoms with Crippen molar-refractivity contribution in [3.63, 3.8) is 0 Å². The topological polar surface area (TPSA) is 81.1 Å². The minimum atomic E-state index is -3.10. The Bertz CT molecular complexity index is 911. The van der Waals surface area contributed by atoms with Gasteiger partial charge in [0, 0.05) is 11.1 Å². The number of anilines is 1. The third kappa shape index (κ3) is 3.44. The van der Waals surface area contributed by atoms with Gasteiger partial charge in [-0.15, -0.1) is 0 Å². The summed E-state index contributed by atoms with van der Waals surface area (Å²) in [5, 5.41) is 7.09. The van der Waals surface area contributed by atoms with Crippen molar-refractivity contribution in [2.75, 3.05) is 16.8 Å². The molecule has 24 heavy (non-hydrogen) atoms. The van der Waals surface area contributed by atoms with Crippen molar-refractivity contribution in [1.82, 2.24) is 9.78 Å². The highest BCUT2D eigenvalue weighted by atomic mass is 35.5. The van der Waals surface area contributed by atoms with Crippen LogP contribution in [0.5, 0.6) is 0 Å². The number of aryl methyl sites for hydroxylation is 1. The molecule has 1 saturated heterocycles. The van der Waals surface area contributed by atoms with E-state index < -0.39 is 21.6 Å². The van der Waals surface area contributed by atoms with Crippen LogP contribution in [0.25, 0.3) is 0 Å². The number of aromatic nitrogens is 2. The van der Waals surface area contributed by atoms with Gasteiger partial charge in [-0.05, 0) is 31.5 Å². The molecule has 0 radical (unpaired) electrons. The molecule has 0 saturated carbocycles. The van der Waals surface area contributed by atoms with Crippen LogP contribution in [-0.4, -0.2) is 35.6 Å². The molecule has 1 aromatic carbocycles. The fourth-order valence-electron chi connectivity index (χ4n) is 2.71. The number of sulfone groups is 1. The molecule has 1 amide bonds. The van der Waals surface area contributed by atoms with Crippen LogP contribution in [0.1, 0.15) is 28.5 Å². The van der Waals surface area contributed by atoms with Crippen LogP contribution in [0.4, 0.5) is 10.2 Å². The number of rotatable bonds is 3. The predicted octanol–water partition coefficient (Wildman–Crippen LogP) is 2.60. The zero-order valence-corrected chi connectivity index (χ0v) is 14.4. The first kappa shape index (κ1) is 16.9. The van der Waals surface area contributed by atoms with Crippen molar-refractivity contribution >= 4 is 33.2 Å². The average Bonchev–Trinajstić information content (AvgIpc) is 3.03. The first-order chi connectivity index (χ1) is 11.2. The quantitative estimate of drug-likeness (QED) is 0.899. The number of carbonyl (C=O) groups is 1. The lowest BCUT2D eigenvalue weighted by Gasteiger charge is -2.14. The Kier molecular flexibility index (Phi) is 4.35. The van der Waals surface area contributed by atoms with Crippen LogP contribution < -0.4 is 5.32 Å². The zero-order valence-electron chi connectivity index (χ0n) is 12.8. The van der Waals surface area contributed by atoms with E-state index >= 15 is 0 Å². The molecule has 1 aliphatic rings. The summed E-state index contributed by atoms with van der Waals surface area (Å²) in [5.41, 5.74) is 0.438. The van der Waals surface area contributed by atoms with Gasteiger partial charge >= 0.3 is 0 Å². The molecule has 1 N–H and O–H groups in total. The second-order valence-electron chi connectivity index (χ2n) is 5.75. The molecule has 9 heteroatoms. The summed E-state index contributed by atoms with van der Waals surface area (Å²) in [6.45, 7) is 1.73. The summed E-state index contributed by atoms with van der Waals surface area (Å²) in [5.74, 6) is -0.964. The zero-order chi connectivity index (χ0) is 17.5. The van der Waals surface area contributed by atoms with Gasteiger partial charge in [-0.1, -0.05) is 11.6 Å². The van der Waals surface area contributed by atoms with Gasteiger partial charge in [0.15, 0.2) is 9.84 Å². The van der Waals surface area contributed by atoms with Gasteiger partial charge in [0.1, 0.15) is 11.6 Å². The van der Waals surface area contributed by atoms with Gasteiger partial charge in [0.25, 0.3) is 5.91 Å². The lowest BCUT2D eigenvalue weighted by atomic mass is 10.2. The van der Waals surface area contributed by atoms with E-state index in [9.17, 15) is 17.6 Å².